The summed E-state index contributed by atoms with van der Waals surface area (Å²) in [6.07, 6.45) is -2.12. The number of rotatable bonds is 59. The number of aliphatic hydroxyl groups is 16. The molecule has 5 saturated heterocycles. The van der Waals surface area contributed by atoms with Crippen molar-refractivity contribution in [3.05, 3.63) is 24.3 Å². The monoisotopic (exact) mass is 1660 g/mol. The Morgan fingerprint density at radius 1 is 0.452 bits per heavy atom. The molecule has 5 aliphatic rings. The molecule has 5 heterocycles. The molecule has 5 fully saturated rings. The summed E-state index contributed by atoms with van der Waals surface area (Å²) >= 11 is 0. The molecule has 34 heteroatoms. The molecule has 20 N–H and O–H groups in total. The smallest absolute Gasteiger partial charge is 0.364 e. The largest absolute Gasteiger partial charge is 0.477 e. The maximum absolute atomic E-state index is 13.6. The summed E-state index contributed by atoms with van der Waals surface area (Å²) < 4.78 is 58.9. The fourth-order valence-electron chi connectivity index (χ4n) is 15.4. The average molecular weight is 1660 g/mol. The number of unbranched alkanes of at least 4 members (excludes halogenated alkanes) is 30. The lowest BCUT2D eigenvalue weighted by molar-refractivity contribution is -0.390. The molecule has 5 rings (SSSR count). The molecule has 0 aromatic carbocycles. The molecule has 0 saturated carbocycles. The molecule has 0 radical (unpaired) electrons. The molecular formula is C81H145N3O31. The first-order chi connectivity index (χ1) is 55.3. The van der Waals surface area contributed by atoms with Gasteiger partial charge in [-0.3, -0.25) is 14.4 Å². The van der Waals surface area contributed by atoms with Crippen LogP contribution in [0.2, 0.25) is 0 Å². The Bertz CT molecular complexity index is 2700. The van der Waals surface area contributed by atoms with Crippen LogP contribution in [0.3, 0.4) is 0 Å². The van der Waals surface area contributed by atoms with E-state index in [9.17, 15) is 106 Å². The second-order valence-corrected chi connectivity index (χ2v) is 31.7. The summed E-state index contributed by atoms with van der Waals surface area (Å²) in [5.41, 5.74) is 0. The molecule has 670 valence electrons. The molecule has 10 unspecified atom stereocenters. The maximum Gasteiger partial charge on any atom is 0.364 e. The number of aliphatic hydroxyl groups excluding tert-OH is 16. The number of hydrogen-bond acceptors (Lipinski definition) is 30. The van der Waals surface area contributed by atoms with Crippen LogP contribution >= 0.6 is 0 Å². The number of carboxylic acids is 1. The van der Waals surface area contributed by atoms with E-state index in [-0.39, 0.29) is 12.3 Å². The zero-order valence-electron chi connectivity index (χ0n) is 68.2. The van der Waals surface area contributed by atoms with Gasteiger partial charge in [-0.25, -0.2) is 4.79 Å². The second-order valence-electron chi connectivity index (χ2n) is 31.7. The van der Waals surface area contributed by atoms with Gasteiger partial charge < -0.3 is 150 Å². The zero-order chi connectivity index (χ0) is 84.4. The van der Waals surface area contributed by atoms with Crippen LogP contribution in [0, 0.1) is 0 Å². The van der Waals surface area contributed by atoms with Crippen molar-refractivity contribution in [2.75, 3.05) is 39.6 Å². The fraction of sp³-hybridized carbons (Fsp3) is 0.901. The molecule has 0 bridgehead atoms. The summed E-state index contributed by atoms with van der Waals surface area (Å²) in [7, 11) is 0. The summed E-state index contributed by atoms with van der Waals surface area (Å²) in [6, 6.07) is -4.73. The van der Waals surface area contributed by atoms with E-state index in [2.05, 4.69) is 41.9 Å². The van der Waals surface area contributed by atoms with Crippen molar-refractivity contribution in [1.29, 1.82) is 0 Å². The minimum absolute atomic E-state index is 0.176. The third-order valence-corrected chi connectivity index (χ3v) is 22.2. The summed E-state index contributed by atoms with van der Waals surface area (Å²) in [6.45, 7) is 0.623. The molecule has 0 aromatic rings. The number of ether oxygens (including phenoxy) is 10. The van der Waals surface area contributed by atoms with Crippen LogP contribution in [-0.4, -0.2) is 321 Å². The standard InChI is InChI=1S/C81H145N3O31/c1-5-7-9-11-13-15-17-19-20-21-22-23-24-25-26-27-28-30-32-34-36-38-40-42-60(95)84-52(53(92)41-39-37-35-33-31-29-18-16-14-12-10-8-6-2)49-106-77-68(101)66(99)71(58(47-88)109-77)111-78-69(102)67(100)72(59(48-89)110-78)112-79-70(103)75(65(98)57(46-87)108-79)113-76-62(83-51(4)91)74(64(97)56(45-86)107-76)115-81(80(104)105)43-54(93)61(82-50(3)90)73(114-81)63(96)55(94)44-85/h19-20,39,41,52-59,61-79,85-89,92-94,96-103H,5-18,21-38,40,42-49H2,1-4H3,(H,82,90)(H,83,91)(H,84,95)(H,104,105)/b20-19-,41-39+/t52-,53+,54?,55+,56?,57?,58?,59?,61+,62?,63+,64-,65-,66+,67+,68?,69?,70?,71+,72-,73?,74+,75-,76-,77+,78-,79-,81-/m0/s1. The van der Waals surface area contributed by atoms with E-state index in [0.717, 1.165) is 65.2 Å². The lowest BCUT2D eigenvalue weighted by Gasteiger charge is -2.52. The van der Waals surface area contributed by atoms with E-state index in [0.29, 0.717) is 12.8 Å². The molecule has 0 spiro atoms. The molecule has 0 aliphatic carbocycles. The molecule has 0 aromatic heterocycles. The first-order valence-corrected chi connectivity index (χ1v) is 42.7. The number of aliphatic carboxylic acids is 1. The van der Waals surface area contributed by atoms with Crippen molar-refractivity contribution in [1.82, 2.24) is 16.0 Å². The van der Waals surface area contributed by atoms with Gasteiger partial charge in [0.05, 0.1) is 63.9 Å². The normalized spacial score (nSPS) is 33.1. The number of hydrogen-bond donors (Lipinski definition) is 20. The van der Waals surface area contributed by atoms with Crippen LogP contribution in [0.4, 0.5) is 0 Å². The van der Waals surface area contributed by atoms with Gasteiger partial charge in [-0.15, -0.1) is 0 Å². The van der Waals surface area contributed by atoms with Crippen molar-refractivity contribution in [3.63, 3.8) is 0 Å². The molecular weight excluding hydrogens is 1510 g/mol. The minimum atomic E-state index is -3.20. The quantitative estimate of drug-likeness (QED) is 0.0305. The average Bonchev–Trinajstić information content (AvgIpc) is 0.752. The van der Waals surface area contributed by atoms with Gasteiger partial charge in [0.25, 0.3) is 5.79 Å². The number of carbonyl (C=O) groups excluding carboxylic acids is 3. The van der Waals surface area contributed by atoms with Gasteiger partial charge in [-0.2, -0.15) is 0 Å². The van der Waals surface area contributed by atoms with E-state index >= 15 is 0 Å². The van der Waals surface area contributed by atoms with E-state index in [1.807, 2.05) is 6.08 Å². The van der Waals surface area contributed by atoms with Crippen LogP contribution in [0.15, 0.2) is 24.3 Å². The van der Waals surface area contributed by atoms with Crippen molar-refractivity contribution < 1.29 is 153 Å². The first-order valence-electron chi connectivity index (χ1n) is 42.7. The Labute approximate surface area is 677 Å². The Kier molecular flexibility index (Phi) is 49.7. The van der Waals surface area contributed by atoms with Crippen LogP contribution in [0.5, 0.6) is 0 Å². The van der Waals surface area contributed by atoms with Crippen molar-refractivity contribution >= 4 is 23.7 Å². The highest BCUT2D eigenvalue weighted by Gasteiger charge is 2.61. The molecule has 28 atom stereocenters. The molecule has 3 amide bonds. The summed E-state index contributed by atoms with van der Waals surface area (Å²) in [5.74, 6) is -7.38. The Hall–Kier alpha value is -3.68. The first kappa shape index (κ1) is 102. The third kappa shape index (κ3) is 33.6. The summed E-state index contributed by atoms with van der Waals surface area (Å²) in [5, 5.41) is 197. The highest BCUT2D eigenvalue weighted by molar-refractivity contribution is 5.77. The van der Waals surface area contributed by atoms with Gasteiger partial charge in [-0.05, 0) is 44.9 Å². The summed E-state index contributed by atoms with van der Waals surface area (Å²) in [4.78, 5) is 52.0. The van der Waals surface area contributed by atoms with Crippen LogP contribution < -0.4 is 16.0 Å². The lowest BCUT2D eigenvalue weighted by Crippen LogP contribution is -2.72. The Morgan fingerprint density at radius 3 is 1.30 bits per heavy atom. The molecule has 5 aliphatic heterocycles. The SMILES string of the molecule is CCCCCCCC/C=C\CCCCCCCCCCCCCCCC(=O)N[C@@H](CO[C@@H]1OC(CO)[C@@H](O[C@@H]2OC(CO)[C@H](O[C@@H]3OC(CO)[C@H](O)[C@H](O[C@@H]4OC(CO)[C@H](O)[C@H](O[C@]5(C(=O)O)CC(O)[C@@H](NC(C)=O)C([C@H](O)[C@H](O)CO)O5)C4NC(C)=O)C3O)[C@H](O)C2O)[C@H](O)C1O)[C@H](O)/C=C/CCCCCCCCCCCCC. The highest BCUT2D eigenvalue weighted by Crippen LogP contribution is 2.40. The van der Waals surface area contributed by atoms with Crippen LogP contribution in [0.25, 0.3) is 0 Å². The third-order valence-electron chi connectivity index (χ3n) is 22.2. The van der Waals surface area contributed by atoms with Crippen molar-refractivity contribution in [3.8, 4) is 0 Å². The Balaban J connectivity index is 1.19. The number of nitrogens with one attached hydrogen (secondary N) is 3. The minimum Gasteiger partial charge on any atom is -0.477 e. The van der Waals surface area contributed by atoms with Gasteiger partial charge in [0.1, 0.15) is 116 Å². The second kappa shape index (κ2) is 56.1. The van der Waals surface area contributed by atoms with Gasteiger partial charge >= 0.3 is 5.97 Å². The zero-order valence-corrected chi connectivity index (χ0v) is 68.2. The van der Waals surface area contributed by atoms with Crippen molar-refractivity contribution in [2.45, 2.75) is 424 Å². The van der Waals surface area contributed by atoms with Crippen LogP contribution in [0.1, 0.15) is 252 Å². The Morgan fingerprint density at radius 2 is 0.843 bits per heavy atom. The number of carbonyl (C=O) groups is 4. The van der Waals surface area contributed by atoms with E-state index in [1.165, 1.54) is 148 Å². The number of carboxylic acid groups (broad SMARTS) is 1. The predicted octanol–water partition coefficient (Wildman–Crippen LogP) is 1.85. The van der Waals surface area contributed by atoms with E-state index in [4.69, 9.17) is 47.4 Å². The highest BCUT2D eigenvalue weighted by atomic mass is 16.8. The lowest BCUT2D eigenvalue weighted by atomic mass is 9.88. The number of amides is 3. The van der Waals surface area contributed by atoms with Gasteiger partial charge in [-0.1, -0.05) is 205 Å². The topological polar surface area (TPSA) is 541 Å². The van der Waals surface area contributed by atoms with Gasteiger partial charge in [0.15, 0.2) is 25.2 Å². The van der Waals surface area contributed by atoms with Crippen molar-refractivity contribution in [2.24, 2.45) is 0 Å². The van der Waals surface area contributed by atoms with E-state index in [1.54, 1.807) is 6.08 Å². The maximum atomic E-state index is 13.6. The van der Waals surface area contributed by atoms with Gasteiger partial charge in [0.2, 0.25) is 17.7 Å². The van der Waals surface area contributed by atoms with Crippen LogP contribution in [-0.2, 0) is 66.5 Å². The molecule has 115 heavy (non-hydrogen) atoms. The molecule has 34 nitrogen and oxygen atoms in total. The predicted molar refractivity (Wildman–Crippen MR) is 415 cm³/mol. The fourth-order valence-corrected chi connectivity index (χ4v) is 15.4. The van der Waals surface area contributed by atoms with E-state index < -0.39 is 235 Å². The van der Waals surface area contributed by atoms with Gasteiger partial charge in [0, 0.05) is 26.7 Å². The number of allylic oxidation sites excluding steroid dienone is 3.